The molecule has 1 saturated carbocycles. The molecule has 0 bridgehead atoms. The third kappa shape index (κ3) is 0.753. The van der Waals surface area contributed by atoms with Gasteiger partial charge in [-0.1, -0.05) is 19.9 Å². The third-order valence-electron chi connectivity index (χ3n) is 2.43. The van der Waals surface area contributed by atoms with E-state index in [0.717, 1.165) is 0 Å². The van der Waals surface area contributed by atoms with Gasteiger partial charge in [0, 0.05) is 0 Å². The number of aliphatic carboxylic acids is 1. The molecular formula is C8H12O2. The molecule has 1 aliphatic carbocycles. The molecule has 0 spiro atoms. The van der Waals surface area contributed by atoms with E-state index in [2.05, 4.69) is 6.58 Å². The number of hydrogen-bond acceptors (Lipinski definition) is 1. The molecule has 0 aliphatic heterocycles. The van der Waals surface area contributed by atoms with Crippen LogP contribution < -0.4 is 0 Å². The molecule has 1 rings (SSSR count). The SMILES string of the molecule is C=C[C@H]1[C@@H](C(=O)O)C1(C)C. The minimum Gasteiger partial charge on any atom is -0.481 e. The lowest BCUT2D eigenvalue weighted by atomic mass is 10.1. The molecular weight excluding hydrogens is 128 g/mol. The first-order chi connectivity index (χ1) is 4.51. The molecule has 0 radical (unpaired) electrons. The highest BCUT2D eigenvalue weighted by Crippen LogP contribution is 2.58. The minimum atomic E-state index is -0.699. The van der Waals surface area contributed by atoms with Gasteiger partial charge in [0.05, 0.1) is 5.92 Å². The molecule has 2 heteroatoms. The summed E-state index contributed by atoms with van der Waals surface area (Å²) in [6.07, 6.45) is 1.73. The second-order valence-electron chi connectivity index (χ2n) is 3.40. The van der Waals surface area contributed by atoms with Gasteiger partial charge in [0.1, 0.15) is 0 Å². The van der Waals surface area contributed by atoms with Gasteiger partial charge in [-0.15, -0.1) is 6.58 Å². The maximum atomic E-state index is 10.5. The predicted octanol–water partition coefficient (Wildman–Crippen LogP) is 1.53. The van der Waals surface area contributed by atoms with Gasteiger partial charge in [0.2, 0.25) is 0 Å². The molecule has 56 valence electrons. The Kier molecular flexibility index (Phi) is 1.35. The van der Waals surface area contributed by atoms with Crippen LogP contribution in [-0.2, 0) is 4.79 Å². The summed E-state index contributed by atoms with van der Waals surface area (Å²) >= 11 is 0. The monoisotopic (exact) mass is 140 g/mol. The van der Waals surface area contributed by atoms with Gasteiger partial charge < -0.3 is 5.11 Å². The molecule has 0 heterocycles. The van der Waals surface area contributed by atoms with Gasteiger partial charge in [-0.2, -0.15) is 0 Å². The van der Waals surface area contributed by atoms with Crippen molar-refractivity contribution in [2.45, 2.75) is 13.8 Å². The Morgan fingerprint density at radius 3 is 2.30 bits per heavy atom. The van der Waals surface area contributed by atoms with Crippen molar-refractivity contribution in [1.29, 1.82) is 0 Å². The summed E-state index contributed by atoms with van der Waals surface area (Å²) in [5.41, 5.74) is -0.0619. The molecule has 0 aromatic carbocycles. The van der Waals surface area contributed by atoms with E-state index in [9.17, 15) is 4.79 Å². The van der Waals surface area contributed by atoms with Crippen molar-refractivity contribution < 1.29 is 9.90 Å². The normalized spacial score (nSPS) is 35.0. The molecule has 0 unspecified atom stereocenters. The van der Waals surface area contributed by atoms with Crippen LogP contribution in [-0.4, -0.2) is 11.1 Å². The third-order valence-corrected chi connectivity index (χ3v) is 2.43. The average Bonchev–Trinajstić information content (AvgIpc) is 2.33. The van der Waals surface area contributed by atoms with Crippen molar-refractivity contribution in [2.75, 3.05) is 0 Å². The first kappa shape index (κ1) is 7.32. The van der Waals surface area contributed by atoms with Crippen LogP contribution in [0.5, 0.6) is 0 Å². The molecule has 0 amide bonds. The summed E-state index contributed by atoms with van der Waals surface area (Å²) in [7, 11) is 0. The van der Waals surface area contributed by atoms with E-state index in [1.165, 1.54) is 0 Å². The number of carbonyl (C=O) groups is 1. The van der Waals surface area contributed by atoms with Crippen LogP contribution in [0.15, 0.2) is 12.7 Å². The standard InChI is InChI=1S/C8H12O2/c1-4-5-6(7(9)10)8(5,2)3/h4-6H,1H2,2-3H3,(H,9,10)/t5-,6-/m0/s1. The van der Waals surface area contributed by atoms with E-state index in [4.69, 9.17) is 5.11 Å². The second kappa shape index (κ2) is 1.84. The number of hydrogen-bond donors (Lipinski definition) is 1. The summed E-state index contributed by atoms with van der Waals surface area (Å²) < 4.78 is 0. The predicted molar refractivity (Wildman–Crippen MR) is 38.6 cm³/mol. The van der Waals surface area contributed by atoms with Crippen LogP contribution in [0.3, 0.4) is 0 Å². The highest BCUT2D eigenvalue weighted by molar-refractivity contribution is 5.76. The van der Waals surface area contributed by atoms with Crippen molar-refractivity contribution >= 4 is 5.97 Å². The summed E-state index contributed by atoms with van der Waals surface area (Å²) in [5, 5.41) is 8.64. The fourth-order valence-electron chi connectivity index (χ4n) is 1.59. The Morgan fingerprint density at radius 1 is 1.70 bits per heavy atom. The molecule has 0 aromatic heterocycles. The Bertz CT molecular complexity index is 182. The van der Waals surface area contributed by atoms with Crippen molar-refractivity contribution in [3.63, 3.8) is 0 Å². The van der Waals surface area contributed by atoms with Crippen LogP contribution >= 0.6 is 0 Å². The lowest BCUT2D eigenvalue weighted by molar-refractivity contribution is -0.139. The van der Waals surface area contributed by atoms with Gasteiger partial charge in [-0.05, 0) is 11.3 Å². The van der Waals surface area contributed by atoms with Crippen LogP contribution in [0.4, 0.5) is 0 Å². The number of carboxylic acid groups (broad SMARTS) is 1. The zero-order valence-electron chi connectivity index (χ0n) is 6.29. The zero-order valence-corrected chi connectivity index (χ0v) is 6.29. The molecule has 1 aliphatic rings. The summed E-state index contributed by atoms with van der Waals surface area (Å²) in [6, 6.07) is 0. The van der Waals surface area contributed by atoms with Crippen molar-refractivity contribution in [3.8, 4) is 0 Å². The quantitative estimate of drug-likeness (QED) is 0.590. The Labute approximate surface area is 60.6 Å². The minimum absolute atomic E-state index is 0.0619. The lowest BCUT2D eigenvalue weighted by Crippen LogP contribution is -2.02. The Hall–Kier alpha value is -0.790. The van der Waals surface area contributed by atoms with Crippen LogP contribution in [0, 0.1) is 17.3 Å². The van der Waals surface area contributed by atoms with Gasteiger partial charge in [-0.25, -0.2) is 0 Å². The van der Waals surface area contributed by atoms with Crippen LogP contribution in [0.1, 0.15) is 13.8 Å². The highest BCUT2D eigenvalue weighted by atomic mass is 16.4. The summed E-state index contributed by atoms with van der Waals surface area (Å²) in [4.78, 5) is 10.5. The second-order valence-corrected chi connectivity index (χ2v) is 3.40. The fourth-order valence-corrected chi connectivity index (χ4v) is 1.59. The molecule has 0 aromatic rings. The van der Waals surface area contributed by atoms with E-state index < -0.39 is 5.97 Å². The topological polar surface area (TPSA) is 37.3 Å². The van der Waals surface area contributed by atoms with E-state index >= 15 is 0 Å². The molecule has 2 atom stereocenters. The summed E-state index contributed by atoms with van der Waals surface area (Å²) in [6.45, 7) is 7.50. The maximum absolute atomic E-state index is 10.5. The number of rotatable bonds is 2. The largest absolute Gasteiger partial charge is 0.481 e. The zero-order chi connectivity index (χ0) is 7.94. The van der Waals surface area contributed by atoms with Crippen LogP contribution in [0.2, 0.25) is 0 Å². The molecule has 1 N–H and O–H groups in total. The molecule has 2 nitrogen and oxygen atoms in total. The molecule has 0 saturated heterocycles. The smallest absolute Gasteiger partial charge is 0.307 e. The first-order valence-electron chi connectivity index (χ1n) is 3.37. The lowest BCUT2D eigenvalue weighted by Gasteiger charge is -1.95. The fraction of sp³-hybridized carbons (Fsp3) is 0.625. The summed E-state index contributed by atoms with van der Waals surface area (Å²) in [5.74, 6) is -0.732. The van der Waals surface area contributed by atoms with E-state index in [1.807, 2.05) is 13.8 Å². The molecule has 10 heavy (non-hydrogen) atoms. The van der Waals surface area contributed by atoms with Gasteiger partial charge in [-0.3, -0.25) is 4.79 Å². The Balaban J connectivity index is 2.70. The first-order valence-corrected chi connectivity index (χ1v) is 3.37. The van der Waals surface area contributed by atoms with Gasteiger partial charge in [0.25, 0.3) is 0 Å². The van der Waals surface area contributed by atoms with E-state index in [-0.39, 0.29) is 17.3 Å². The number of allylic oxidation sites excluding steroid dienone is 1. The average molecular weight is 140 g/mol. The Morgan fingerprint density at radius 2 is 2.20 bits per heavy atom. The molecule has 1 fully saturated rings. The van der Waals surface area contributed by atoms with Crippen molar-refractivity contribution in [2.24, 2.45) is 17.3 Å². The number of carboxylic acids is 1. The van der Waals surface area contributed by atoms with Crippen molar-refractivity contribution in [3.05, 3.63) is 12.7 Å². The van der Waals surface area contributed by atoms with E-state index in [1.54, 1.807) is 6.08 Å². The van der Waals surface area contributed by atoms with Gasteiger partial charge in [0.15, 0.2) is 0 Å². The van der Waals surface area contributed by atoms with Gasteiger partial charge >= 0.3 is 5.97 Å². The van der Waals surface area contributed by atoms with E-state index in [0.29, 0.717) is 0 Å². The maximum Gasteiger partial charge on any atom is 0.307 e. The van der Waals surface area contributed by atoms with Crippen molar-refractivity contribution in [1.82, 2.24) is 0 Å². The highest BCUT2D eigenvalue weighted by Gasteiger charge is 2.60. The van der Waals surface area contributed by atoms with Crippen LogP contribution in [0.25, 0.3) is 0 Å².